The van der Waals surface area contributed by atoms with Gasteiger partial charge in [0.15, 0.2) is 0 Å². The molecular weight excluding hydrogens is 248 g/mol. The summed E-state index contributed by atoms with van der Waals surface area (Å²) in [5, 5.41) is 11.8. The molecule has 0 saturated carbocycles. The second kappa shape index (κ2) is 5.44. The summed E-state index contributed by atoms with van der Waals surface area (Å²) in [5.41, 5.74) is 0.215. The van der Waals surface area contributed by atoms with Gasteiger partial charge in [0.1, 0.15) is 17.1 Å². The molecule has 104 valence electrons. The normalized spacial score (nSPS) is 19.6. The fourth-order valence-corrected chi connectivity index (χ4v) is 2.44. The first-order valence-corrected chi connectivity index (χ1v) is 6.27. The van der Waals surface area contributed by atoms with Gasteiger partial charge < -0.3 is 14.8 Å². The van der Waals surface area contributed by atoms with E-state index in [2.05, 4.69) is 10.2 Å². The van der Waals surface area contributed by atoms with Crippen molar-refractivity contribution in [3.63, 3.8) is 0 Å². The number of carbonyl (C=O) groups is 2. The van der Waals surface area contributed by atoms with E-state index < -0.39 is 5.97 Å². The Kier molecular flexibility index (Phi) is 3.90. The highest BCUT2D eigenvalue weighted by Crippen LogP contribution is 2.19. The smallest absolute Gasteiger partial charge is 0.339 e. The van der Waals surface area contributed by atoms with Crippen LogP contribution in [0.2, 0.25) is 0 Å². The minimum absolute atomic E-state index is 0.0196. The van der Waals surface area contributed by atoms with E-state index in [-0.39, 0.29) is 17.5 Å². The van der Waals surface area contributed by atoms with Crippen molar-refractivity contribution in [2.24, 2.45) is 0 Å². The van der Waals surface area contributed by atoms with Crippen LogP contribution in [0.4, 0.5) is 0 Å². The number of hydrogen-bond acceptors (Lipinski definition) is 4. The zero-order chi connectivity index (χ0) is 14.0. The molecule has 2 heterocycles. The molecule has 1 fully saturated rings. The molecule has 1 aliphatic rings. The van der Waals surface area contributed by atoms with Gasteiger partial charge in [0.2, 0.25) is 5.91 Å². The maximum atomic E-state index is 11.0. The number of carboxylic acid groups (broad SMARTS) is 1. The largest absolute Gasteiger partial charge is 0.478 e. The highest BCUT2D eigenvalue weighted by Gasteiger charge is 2.24. The summed E-state index contributed by atoms with van der Waals surface area (Å²) >= 11 is 0. The van der Waals surface area contributed by atoms with Gasteiger partial charge in [-0.15, -0.1) is 0 Å². The first kappa shape index (κ1) is 13.6. The summed E-state index contributed by atoms with van der Waals surface area (Å²) in [4.78, 5) is 24.0. The van der Waals surface area contributed by atoms with Crippen LogP contribution in [0.25, 0.3) is 0 Å². The zero-order valence-electron chi connectivity index (χ0n) is 11.1. The van der Waals surface area contributed by atoms with Crippen LogP contribution >= 0.6 is 0 Å². The Morgan fingerprint density at radius 2 is 2.32 bits per heavy atom. The van der Waals surface area contributed by atoms with Gasteiger partial charge in [-0.3, -0.25) is 9.69 Å². The third-order valence-electron chi connectivity index (χ3n) is 3.26. The van der Waals surface area contributed by atoms with Crippen molar-refractivity contribution in [2.75, 3.05) is 13.1 Å². The number of hydrogen-bond donors (Lipinski definition) is 2. The zero-order valence-corrected chi connectivity index (χ0v) is 11.1. The Bertz CT molecular complexity index is 495. The number of carboxylic acids is 1. The molecule has 0 spiro atoms. The lowest BCUT2D eigenvalue weighted by molar-refractivity contribution is -0.119. The van der Waals surface area contributed by atoms with Crippen LogP contribution in [0.15, 0.2) is 10.5 Å². The molecule has 0 aromatic carbocycles. The molecule has 1 unspecified atom stereocenters. The number of aromatic carboxylic acids is 1. The van der Waals surface area contributed by atoms with Crippen LogP contribution in [-0.2, 0) is 11.3 Å². The molecule has 6 heteroatoms. The fraction of sp³-hybridized carbons (Fsp3) is 0.538. The summed E-state index contributed by atoms with van der Waals surface area (Å²) in [7, 11) is 0. The average molecular weight is 266 g/mol. The van der Waals surface area contributed by atoms with Crippen LogP contribution in [-0.4, -0.2) is 41.0 Å². The molecule has 2 N–H and O–H groups in total. The van der Waals surface area contributed by atoms with E-state index in [4.69, 9.17) is 9.52 Å². The van der Waals surface area contributed by atoms with Crippen molar-refractivity contribution in [1.29, 1.82) is 0 Å². The molecule has 0 aliphatic carbocycles. The molecule has 1 atom stereocenters. The van der Waals surface area contributed by atoms with E-state index in [0.29, 0.717) is 18.1 Å². The van der Waals surface area contributed by atoms with Crippen LogP contribution in [0.5, 0.6) is 0 Å². The molecule has 6 nitrogen and oxygen atoms in total. The molecule has 2 rings (SSSR count). The van der Waals surface area contributed by atoms with E-state index >= 15 is 0 Å². The summed E-state index contributed by atoms with van der Waals surface area (Å²) in [6.45, 7) is 5.37. The summed E-state index contributed by atoms with van der Waals surface area (Å²) < 4.78 is 5.44. The molecule has 1 aliphatic heterocycles. The number of carbonyl (C=O) groups excluding carboxylic acids is 1. The SMILES string of the molecule is CC(=O)NC1CCN(Cc2cc(C(=O)O)c(C)o2)C1. The van der Waals surface area contributed by atoms with Crippen molar-refractivity contribution in [1.82, 2.24) is 10.2 Å². The third-order valence-corrected chi connectivity index (χ3v) is 3.26. The minimum atomic E-state index is -0.968. The Labute approximate surface area is 111 Å². The highest BCUT2D eigenvalue weighted by molar-refractivity contribution is 5.88. The lowest BCUT2D eigenvalue weighted by Gasteiger charge is -2.14. The minimum Gasteiger partial charge on any atom is -0.478 e. The van der Waals surface area contributed by atoms with Crippen LogP contribution in [0.3, 0.4) is 0 Å². The van der Waals surface area contributed by atoms with E-state index in [1.165, 1.54) is 6.92 Å². The number of likely N-dealkylation sites (tertiary alicyclic amines) is 1. The first-order chi connectivity index (χ1) is 8.95. The van der Waals surface area contributed by atoms with Crippen molar-refractivity contribution >= 4 is 11.9 Å². The van der Waals surface area contributed by atoms with E-state index in [1.54, 1.807) is 13.0 Å². The van der Waals surface area contributed by atoms with Gasteiger partial charge >= 0.3 is 5.97 Å². The molecule has 1 saturated heterocycles. The number of nitrogens with one attached hydrogen (secondary N) is 1. The van der Waals surface area contributed by atoms with E-state index in [0.717, 1.165) is 19.5 Å². The van der Waals surface area contributed by atoms with Gasteiger partial charge in [0, 0.05) is 26.1 Å². The molecular formula is C13H18N2O4. The number of nitrogens with zero attached hydrogens (tertiary/aromatic N) is 1. The molecule has 1 aromatic heterocycles. The van der Waals surface area contributed by atoms with E-state index in [1.807, 2.05) is 0 Å². The standard InChI is InChI=1S/C13H18N2O4/c1-8-12(13(17)18)5-11(19-8)7-15-4-3-10(6-15)14-9(2)16/h5,10H,3-4,6-7H2,1-2H3,(H,14,16)(H,17,18). The van der Waals surface area contributed by atoms with Gasteiger partial charge in [0.25, 0.3) is 0 Å². The Morgan fingerprint density at radius 1 is 1.58 bits per heavy atom. The highest BCUT2D eigenvalue weighted by atomic mass is 16.4. The molecule has 0 radical (unpaired) electrons. The van der Waals surface area contributed by atoms with E-state index in [9.17, 15) is 9.59 Å². The Morgan fingerprint density at radius 3 is 2.89 bits per heavy atom. The maximum Gasteiger partial charge on any atom is 0.339 e. The summed E-state index contributed by atoms with van der Waals surface area (Å²) in [6, 6.07) is 1.75. The van der Waals surface area contributed by atoms with Crippen LogP contribution < -0.4 is 5.32 Å². The predicted octanol–water partition coefficient (Wildman–Crippen LogP) is 0.997. The number of aryl methyl sites for hydroxylation is 1. The summed E-state index contributed by atoms with van der Waals surface area (Å²) in [6.07, 6.45) is 0.908. The Balaban J connectivity index is 1.94. The lowest BCUT2D eigenvalue weighted by atomic mass is 10.2. The van der Waals surface area contributed by atoms with Crippen molar-refractivity contribution in [3.8, 4) is 0 Å². The van der Waals surface area contributed by atoms with Gasteiger partial charge in [-0.2, -0.15) is 0 Å². The monoisotopic (exact) mass is 266 g/mol. The van der Waals surface area contributed by atoms with Crippen LogP contribution in [0.1, 0.15) is 35.2 Å². The van der Waals surface area contributed by atoms with Gasteiger partial charge in [-0.05, 0) is 19.4 Å². The first-order valence-electron chi connectivity index (χ1n) is 6.27. The number of rotatable bonds is 4. The maximum absolute atomic E-state index is 11.0. The third kappa shape index (κ3) is 3.35. The van der Waals surface area contributed by atoms with Gasteiger partial charge in [0.05, 0.1) is 6.54 Å². The average Bonchev–Trinajstić information content (AvgIpc) is 2.85. The Hall–Kier alpha value is -1.82. The van der Waals surface area contributed by atoms with Crippen LogP contribution in [0, 0.1) is 6.92 Å². The topological polar surface area (TPSA) is 82.8 Å². The van der Waals surface area contributed by atoms with Crippen molar-refractivity contribution in [2.45, 2.75) is 32.9 Å². The quantitative estimate of drug-likeness (QED) is 0.849. The van der Waals surface area contributed by atoms with Crippen molar-refractivity contribution < 1.29 is 19.1 Å². The van der Waals surface area contributed by atoms with Gasteiger partial charge in [-0.1, -0.05) is 0 Å². The second-order valence-electron chi connectivity index (χ2n) is 4.91. The molecule has 19 heavy (non-hydrogen) atoms. The molecule has 1 aromatic rings. The number of furan rings is 1. The molecule has 1 amide bonds. The van der Waals surface area contributed by atoms with Crippen molar-refractivity contribution in [3.05, 3.63) is 23.2 Å². The summed E-state index contributed by atoms with van der Waals surface area (Å²) in [5.74, 6) is 0.0948. The second-order valence-corrected chi connectivity index (χ2v) is 4.91. The molecule has 0 bridgehead atoms. The number of amides is 1. The lowest BCUT2D eigenvalue weighted by Crippen LogP contribution is -2.35. The fourth-order valence-electron chi connectivity index (χ4n) is 2.44. The predicted molar refractivity (Wildman–Crippen MR) is 67.9 cm³/mol. The van der Waals surface area contributed by atoms with Gasteiger partial charge in [-0.25, -0.2) is 4.79 Å².